The van der Waals surface area contributed by atoms with Gasteiger partial charge in [0.15, 0.2) is 5.89 Å². The Bertz CT molecular complexity index is 636. The first-order chi connectivity index (χ1) is 11.2. The van der Waals surface area contributed by atoms with Gasteiger partial charge < -0.3 is 4.42 Å². The van der Waals surface area contributed by atoms with Crippen LogP contribution in [0.2, 0.25) is 0 Å². The normalized spacial score (nSPS) is 18.9. The van der Waals surface area contributed by atoms with Gasteiger partial charge in [-0.1, -0.05) is 30.3 Å². The maximum absolute atomic E-state index is 12.5. The lowest BCUT2D eigenvalue weighted by atomic mass is 9.90. The van der Waals surface area contributed by atoms with E-state index in [2.05, 4.69) is 22.0 Å². The number of oxazole rings is 1. The molecule has 0 N–H and O–H groups in total. The van der Waals surface area contributed by atoms with Crippen LogP contribution < -0.4 is 0 Å². The smallest absolute Gasteiger partial charge is 0.191 e. The topological polar surface area (TPSA) is 46.3 Å². The van der Waals surface area contributed by atoms with E-state index in [1.54, 1.807) is 6.26 Å². The molecule has 0 amide bonds. The van der Waals surface area contributed by atoms with Crippen molar-refractivity contribution in [2.24, 2.45) is 5.92 Å². The molecule has 4 heteroatoms. The van der Waals surface area contributed by atoms with Gasteiger partial charge in [0.2, 0.25) is 0 Å². The second-order valence-corrected chi connectivity index (χ2v) is 6.38. The highest BCUT2D eigenvalue weighted by atomic mass is 16.3. The van der Waals surface area contributed by atoms with Crippen LogP contribution in [0.5, 0.6) is 0 Å². The van der Waals surface area contributed by atoms with E-state index < -0.39 is 0 Å². The average molecular weight is 312 g/mol. The van der Waals surface area contributed by atoms with E-state index in [0.29, 0.717) is 18.1 Å². The Labute approximate surface area is 137 Å². The fourth-order valence-corrected chi connectivity index (χ4v) is 3.29. The van der Waals surface area contributed by atoms with Crippen LogP contribution in [-0.4, -0.2) is 28.8 Å². The molecule has 0 saturated carbocycles. The van der Waals surface area contributed by atoms with E-state index in [4.69, 9.17) is 4.42 Å². The van der Waals surface area contributed by atoms with Gasteiger partial charge in [0.25, 0.3) is 0 Å². The number of benzene rings is 1. The van der Waals surface area contributed by atoms with Gasteiger partial charge in [-0.3, -0.25) is 9.69 Å². The molecule has 1 aromatic carbocycles. The standard InChI is InChI=1S/C19H24N2O2/c1-15-20-18(14-23-15)13-21-11-5-8-17(12-21)19(22)10-9-16-6-3-2-4-7-16/h2-4,6-7,14,17H,5,8-13H2,1H3/t17-/m0/s1. The van der Waals surface area contributed by atoms with Gasteiger partial charge in [-0.25, -0.2) is 4.98 Å². The Kier molecular flexibility index (Phi) is 5.23. The molecule has 2 heterocycles. The fourth-order valence-electron chi connectivity index (χ4n) is 3.29. The third-order valence-electron chi connectivity index (χ3n) is 4.52. The van der Waals surface area contributed by atoms with Gasteiger partial charge in [0.05, 0.1) is 5.69 Å². The number of nitrogens with zero attached hydrogens (tertiary/aromatic N) is 2. The molecule has 1 fully saturated rings. The molecule has 1 aromatic heterocycles. The molecule has 4 nitrogen and oxygen atoms in total. The van der Waals surface area contributed by atoms with Crippen molar-refractivity contribution in [3.05, 3.63) is 53.7 Å². The highest BCUT2D eigenvalue weighted by Crippen LogP contribution is 2.21. The molecule has 1 aliphatic heterocycles. The second-order valence-electron chi connectivity index (χ2n) is 6.38. The van der Waals surface area contributed by atoms with E-state index in [1.165, 1.54) is 5.56 Å². The summed E-state index contributed by atoms with van der Waals surface area (Å²) in [5.41, 5.74) is 2.20. The van der Waals surface area contributed by atoms with Gasteiger partial charge >= 0.3 is 0 Å². The van der Waals surface area contributed by atoms with Crippen LogP contribution in [0.4, 0.5) is 0 Å². The molecule has 0 radical (unpaired) electrons. The van der Waals surface area contributed by atoms with Crippen molar-refractivity contribution in [3.8, 4) is 0 Å². The highest BCUT2D eigenvalue weighted by Gasteiger charge is 2.25. The van der Waals surface area contributed by atoms with Crippen LogP contribution in [0, 0.1) is 12.8 Å². The van der Waals surface area contributed by atoms with Gasteiger partial charge in [0.1, 0.15) is 12.0 Å². The minimum Gasteiger partial charge on any atom is -0.449 e. The van der Waals surface area contributed by atoms with Crippen LogP contribution >= 0.6 is 0 Å². The summed E-state index contributed by atoms with van der Waals surface area (Å²) < 4.78 is 5.26. The molecule has 0 spiro atoms. The number of likely N-dealkylation sites (tertiary alicyclic amines) is 1. The lowest BCUT2D eigenvalue weighted by molar-refractivity contribution is -0.124. The Hall–Kier alpha value is -1.94. The number of aryl methyl sites for hydroxylation is 2. The highest BCUT2D eigenvalue weighted by molar-refractivity contribution is 5.81. The summed E-state index contributed by atoms with van der Waals surface area (Å²) in [5, 5.41) is 0. The Morgan fingerprint density at radius 1 is 1.35 bits per heavy atom. The third kappa shape index (κ3) is 4.52. The number of aromatic nitrogens is 1. The summed E-state index contributed by atoms with van der Waals surface area (Å²) in [6, 6.07) is 10.3. The summed E-state index contributed by atoms with van der Waals surface area (Å²) in [5.74, 6) is 1.27. The molecule has 122 valence electrons. The van der Waals surface area contributed by atoms with Crippen LogP contribution in [0.15, 0.2) is 41.0 Å². The zero-order chi connectivity index (χ0) is 16.1. The molecular weight excluding hydrogens is 288 g/mol. The number of carbonyl (C=O) groups excluding carboxylic acids is 1. The molecular formula is C19H24N2O2. The summed E-state index contributed by atoms with van der Waals surface area (Å²) in [6.07, 6.45) is 5.31. The number of rotatable bonds is 6. The summed E-state index contributed by atoms with van der Waals surface area (Å²) in [4.78, 5) is 19.2. The van der Waals surface area contributed by atoms with E-state index in [1.807, 2.05) is 25.1 Å². The van der Waals surface area contributed by atoms with E-state index in [9.17, 15) is 4.79 Å². The first kappa shape index (κ1) is 15.9. The molecule has 0 bridgehead atoms. The van der Waals surface area contributed by atoms with Gasteiger partial charge in [-0.05, 0) is 31.4 Å². The maximum Gasteiger partial charge on any atom is 0.191 e. The quantitative estimate of drug-likeness (QED) is 0.820. The molecule has 2 aromatic rings. The largest absolute Gasteiger partial charge is 0.449 e. The predicted molar refractivity (Wildman–Crippen MR) is 89.0 cm³/mol. The zero-order valence-electron chi connectivity index (χ0n) is 13.7. The Balaban J connectivity index is 1.50. The summed E-state index contributed by atoms with van der Waals surface area (Å²) in [6.45, 7) is 4.52. The van der Waals surface area contributed by atoms with Crippen molar-refractivity contribution in [2.75, 3.05) is 13.1 Å². The molecule has 0 aliphatic carbocycles. The first-order valence-corrected chi connectivity index (χ1v) is 8.41. The van der Waals surface area contributed by atoms with E-state index >= 15 is 0 Å². The minimum absolute atomic E-state index is 0.167. The van der Waals surface area contributed by atoms with Crippen molar-refractivity contribution in [3.63, 3.8) is 0 Å². The Morgan fingerprint density at radius 2 is 2.17 bits per heavy atom. The van der Waals surface area contributed by atoms with Crippen LogP contribution in [0.1, 0.15) is 36.4 Å². The number of hydrogen-bond acceptors (Lipinski definition) is 4. The van der Waals surface area contributed by atoms with Crippen LogP contribution in [0.25, 0.3) is 0 Å². The molecule has 0 unspecified atom stereocenters. The number of piperidine rings is 1. The van der Waals surface area contributed by atoms with Crippen molar-refractivity contribution >= 4 is 5.78 Å². The minimum atomic E-state index is 0.167. The maximum atomic E-state index is 12.5. The average Bonchev–Trinajstić information content (AvgIpc) is 2.99. The SMILES string of the molecule is Cc1nc(CN2CCC[C@H](C(=O)CCc3ccccc3)C2)co1. The molecule has 1 aliphatic rings. The number of hydrogen-bond donors (Lipinski definition) is 0. The first-order valence-electron chi connectivity index (χ1n) is 8.41. The van der Waals surface area contributed by atoms with Gasteiger partial charge in [-0.2, -0.15) is 0 Å². The number of Topliss-reactive ketones (excluding diaryl/α,β-unsaturated/α-hetero) is 1. The molecule has 1 atom stereocenters. The van der Waals surface area contributed by atoms with Gasteiger partial charge in [-0.15, -0.1) is 0 Å². The van der Waals surface area contributed by atoms with Crippen molar-refractivity contribution in [2.45, 2.75) is 39.2 Å². The monoisotopic (exact) mass is 312 g/mol. The predicted octanol–water partition coefficient (Wildman–Crippen LogP) is 3.40. The summed E-state index contributed by atoms with van der Waals surface area (Å²) >= 11 is 0. The van der Waals surface area contributed by atoms with E-state index in [-0.39, 0.29) is 5.92 Å². The van der Waals surface area contributed by atoms with Crippen molar-refractivity contribution < 1.29 is 9.21 Å². The number of ketones is 1. The number of carbonyl (C=O) groups is 1. The lowest BCUT2D eigenvalue weighted by Gasteiger charge is -2.31. The van der Waals surface area contributed by atoms with E-state index in [0.717, 1.165) is 44.6 Å². The lowest BCUT2D eigenvalue weighted by Crippen LogP contribution is -2.38. The Morgan fingerprint density at radius 3 is 2.91 bits per heavy atom. The van der Waals surface area contributed by atoms with Crippen LogP contribution in [-0.2, 0) is 17.8 Å². The molecule has 23 heavy (non-hydrogen) atoms. The zero-order valence-corrected chi connectivity index (χ0v) is 13.7. The summed E-state index contributed by atoms with van der Waals surface area (Å²) in [7, 11) is 0. The van der Waals surface area contributed by atoms with Gasteiger partial charge in [0, 0.05) is 32.4 Å². The van der Waals surface area contributed by atoms with Crippen molar-refractivity contribution in [1.82, 2.24) is 9.88 Å². The molecule has 1 saturated heterocycles. The van der Waals surface area contributed by atoms with Crippen LogP contribution in [0.3, 0.4) is 0 Å². The fraction of sp³-hybridized carbons (Fsp3) is 0.474. The van der Waals surface area contributed by atoms with Crippen molar-refractivity contribution in [1.29, 1.82) is 0 Å². The molecule has 3 rings (SSSR count). The third-order valence-corrected chi connectivity index (χ3v) is 4.52. The second kappa shape index (κ2) is 7.55.